The van der Waals surface area contributed by atoms with Crippen LogP contribution in [-0.4, -0.2) is 46.5 Å². The Morgan fingerprint density at radius 3 is 2.27 bits per heavy atom. The van der Waals surface area contributed by atoms with Gasteiger partial charge >= 0.3 is 5.97 Å². The van der Waals surface area contributed by atoms with Gasteiger partial charge in [-0.1, -0.05) is 5.16 Å². The number of ether oxygens (including phenoxy) is 1. The lowest BCUT2D eigenvalue weighted by Crippen LogP contribution is -2.30. The van der Waals surface area contributed by atoms with Gasteiger partial charge in [0.2, 0.25) is 11.8 Å². The van der Waals surface area contributed by atoms with E-state index in [0.29, 0.717) is 23.0 Å². The minimum Gasteiger partial charge on any atom is -0.452 e. The van der Waals surface area contributed by atoms with E-state index in [0.717, 1.165) is 11.8 Å². The van der Waals surface area contributed by atoms with Gasteiger partial charge in [0.25, 0.3) is 5.91 Å². The number of esters is 1. The average Bonchev–Trinajstić information content (AvgIpc) is 3.07. The van der Waals surface area contributed by atoms with Gasteiger partial charge in [-0.25, -0.2) is 0 Å². The van der Waals surface area contributed by atoms with Gasteiger partial charge in [0, 0.05) is 24.4 Å². The van der Waals surface area contributed by atoms with Crippen molar-refractivity contribution in [3.63, 3.8) is 0 Å². The molecule has 3 amide bonds. The fourth-order valence-corrected chi connectivity index (χ4v) is 2.79. The van der Waals surface area contributed by atoms with Crippen LogP contribution >= 0.6 is 11.8 Å². The molecule has 1 aromatic heterocycles. The maximum atomic E-state index is 12.2. The van der Waals surface area contributed by atoms with E-state index in [2.05, 4.69) is 21.1 Å². The van der Waals surface area contributed by atoms with Crippen LogP contribution in [0.15, 0.2) is 34.9 Å². The molecule has 0 spiro atoms. The SMILES string of the molecule is CC(=O)Nc1ccc(NC(=O)C(C)OC(=O)CSCC(=O)Nc2cc(C)on2)cc1. The first kappa shape index (κ1) is 22.9. The van der Waals surface area contributed by atoms with Gasteiger partial charge < -0.3 is 25.2 Å². The Hall–Kier alpha value is -3.34. The van der Waals surface area contributed by atoms with Crippen LogP contribution < -0.4 is 16.0 Å². The molecule has 10 nitrogen and oxygen atoms in total. The number of carbonyl (C=O) groups excluding carboxylic acids is 4. The quantitative estimate of drug-likeness (QED) is 0.510. The zero-order valence-electron chi connectivity index (χ0n) is 16.7. The van der Waals surface area contributed by atoms with Crippen molar-refractivity contribution in [2.24, 2.45) is 0 Å². The smallest absolute Gasteiger partial charge is 0.316 e. The van der Waals surface area contributed by atoms with Crippen LogP contribution in [0, 0.1) is 6.92 Å². The monoisotopic (exact) mass is 434 g/mol. The normalized spacial score (nSPS) is 11.3. The number of nitrogens with zero attached hydrogens (tertiary/aromatic N) is 1. The summed E-state index contributed by atoms with van der Waals surface area (Å²) in [5, 5.41) is 11.4. The molecule has 160 valence electrons. The number of anilines is 3. The number of benzene rings is 1. The molecule has 0 aliphatic rings. The van der Waals surface area contributed by atoms with Gasteiger partial charge in [-0.3, -0.25) is 19.2 Å². The van der Waals surface area contributed by atoms with Crippen LogP contribution in [0.2, 0.25) is 0 Å². The van der Waals surface area contributed by atoms with Crippen LogP contribution in [0.3, 0.4) is 0 Å². The van der Waals surface area contributed by atoms with Gasteiger partial charge in [0.15, 0.2) is 11.9 Å². The Balaban J connectivity index is 1.69. The molecule has 3 N–H and O–H groups in total. The lowest BCUT2D eigenvalue weighted by atomic mass is 10.2. The molecular weight excluding hydrogens is 412 g/mol. The Morgan fingerprint density at radius 2 is 1.70 bits per heavy atom. The van der Waals surface area contributed by atoms with Crippen LogP contribution in [0.25, 0.3) is 0 Å². The molecule has 0 saturated heterocycles. The molecule has 30 heavy (non-hydrogen) atoms. The number of rotatable bonds is 9. The summed E-state index contributed by atoms with van der Waals surface area (Å²) in [7, 11) is 0. The van der Waals surface area contributed by atoms with E-state index in [1.807, 2.05) is 0 Å². The van der Waals surface area contributed by atoms with E-state index in [1.165, 1.54) is 13.8 Å². The first-order valence-corrected chi connectivity index (χ1v) is 10.1. The summed E-state index contributed by atoms with van der Waals surface area (Å²) in [4.78, 5) is 46.8. The lowest BCUT2D eigenvalue weighted by molar-refractivity contribution is -0.150. The van der Waals surface area contributed by atoms with Gasteiger partial charge in [-0.05, 0) is 38.1 Å². The maximum Gasteiger partial charge on any atom is 0.316 e. The van der Waals surface area contributed by atoms with Crippen molar-refractivity contribution in [2.75, 3.05) is 27.5 Å². The number of carbonyl (C=O) groups is 4. The highest BCUT2D eigenvalue weighted by atomic mass is 32.2. The molecule has 1 aromatic carbocycles. The van der Waals surface area contributed by atoms with Crippen molar-refractivity contribution >= 4 is 52.6 Å². The fraction of sp³-hybridized carbons (Fsp3) is 0.316. The summed E-state index contributed by atoms with van der Waals surface area (Å²) >= 11 is 1.05. The minimum absolute atomic E-state index is 0.0161. The van der Waals surface area contributed by atoms with Crippen LogP contribution in [-0.2, 0) is 23.9 Å². The van der Waals surface area contributed by atoms with E-state index < -0.39 is 18.0 Å². The topological polar surface area (TPSA) is 140 Å². The summed E-state index contributed by atoms with van der Waals surface area (Å²) in [5.74, 6) is -0.858. The zero-order chi connectivity index (χ0) is 22.1. The number of thioether (sulfide) groups is 1. The third kappa shape index (κ3) is 7.95. The van der Waals surface area contributed by atoms with E-state index in [-0.39, 0.29) is 23.3 Å². The Morgan fingerprint density at radius 1 is 1.07 bits per heavy atom. The summed E-state index contributed by atoms with van der Waals surface area (Å²) in [5.41, 5.74) is 1.09. The molecule has 0 aliphatic carbocycles. The number of hydrogen-bond donors (Lipinski definition) is 3. The molecule has 0 bridgehead atoms. The standard InChI is InChI=1S/C19H22N4O6S/c1-11-8-16(23-29-11)22-17(25)9-30-10-18(26)28-12(2)19(27)21-15-6-4-14(5-7-15)20-13(3)24/h4-8,12H,9-10H2,1-3H3,(H,20,24)(H,21,27)(H,22,23,25). The van der Waals surface area contributed by atoms with Crippen molar-refractivity contribution in [1.82, 2.24) is 5.16 Å². The average molecular weight is 434 g/mol. The highest BCUT2D eigenvalue weighted by Crippen LogP contribution is 2.14. The molecule has 0 radical (unpaired) electrons. The van der Waals surface area contributed by atoms with Crippen LogP contribution in [0.5, 0.6) is 0 Å². The number of hydrogen-bond acceptors (Lipinski definition) is 8. The maximum absolute atomic E-state index is 12.2. The molecule has 0 saturated carbocycles. The molecule has 0 aliphatic heterocycles. The first-order valence-electron chi connectivity index (χ1n) is 8.92. The molecule has 2 rings (SSSR count). The third-order valence-electron chi connectivity index (χ3n) is 3.50. The van der Waals surface area contributed by atoms with Gasteiger partial charge in [0.1, 0.15) is 5.76 Å². The summed E-state index contributed by atoms with van der Waals surface area (Å²) in [6.45, 7) is 4.54. The first-order chi connectivity index (χ1) is 14.2. The van der Waals surface area contributed by atoms with Crippen molar-refractivity contribution in [3.8, 4) is 0 Å². The van der Waals surface area contributed by atoms with E-state index in [1.54, 1.807) is 37.3 Å². The van der Waals surface area contributed by atoms with Crippen molar-refractivity contribution in [1.29, 1.82) is 0 Å². The van der Waals surface area contributed by atoms with Gasteiger partial charge in [-0.2, -0.15) is 0 Å². The van der Waals surface area contributed by atoms with Crippen molar-refractivity contribution in [3.05, 3.63) is 36.1 Å². The Kier molecular flexibility index (Phi) is 8.41. The van der Waals surface area contributed by atoms with Crippen LogP contribution in [0.4, 0.5) is 17.2 Å². The second kappa shape index (κ2) is 11.0. The summed E-state index contributed by atoms with van der Waals surface area (Å²) in [6.07, 6.45) is -1.01. The van der Waals surface area contributed by atoms with E-state index >= 15 is 0 Å². The molecule has 1 heterocycles. The molecule has 11 heteroatoms. The summed E-state index contributed by atoms with van der Waals surface area (Å²) < 4.78 is 9.91. The van der Waals surface area contributed by atoms with E-state index in [9.17, 15) is 19.2 Å². The predicted molar refractivity (Wildman–Crippen MR) is 112 cm³/mol. The number of aromatic nitrogens is 1. The highest BCUT2D eigenvalue weighted by Gasteiger charge is 2.18. The second-order valence-electron chi connectivity index (χ2n) is 6.24. The van der Waals surface area contributed by atoms with Crippen molar-refractivity contribution in [2.45, 2.75) is 26.9 Å². The Bertz CT molecular complexity index is 912. The number of nitrogens with one attached hydrogen (secondary N) is 3. The molecule has 0 fully saturated rings. The predicted octanol–water partition coefficient (Wildman–Crippen LogP) is 2.18. The van der Waals surface area contributed by atoms with Crippen molar-refractivity contribution < 1.29 is 28.4 Å². The summed E-state index contributed by atoms with van der Waals surface area (Å²) in [6, 6.07) is 8.07. The molecule has 1 atom stereocenters. The van der Waals surface area contributed by atoms with Gasteiger partial charge in [-0.15, -0.1) is 11.8 Å². The molecule has 2 aromatic rings. The minimum atomic E-state index is -1.01. The van der Waals surface area contributed by atoms with Crippen LogP contribution in [0.1, 0.15) is 19.6 Å². The lowest BCUT2D eigenvalue weighted by Gasteiger charge is -2.13. The van der Waals surface area contributed by atoms with Gasteiger partial charge in [0.05, 0.1) is 11.5 Å². The highest BCUT2D eigenvalue weighted by molar-refractivity contribution is 8.00. The Labute approximate surface area is 177 Å². The molecular formula is C19H22N4O6S. The largest absolute Gasteiger partial charge is 0.452 e. The fourth-order valence-electron chi connectivity index (χ4n) is 2.20. The number of aryl methyl sites for hydroxylation is 1. The molecule has 1 unspecified atom stereocenters. The third-order valence-corrected chi connectivity index (χ3v) is 4.40. The van der Waals surface area contributed by atoms with E-state index in [4.69, 9.17) is 9.26 Å². The number of amides is 3. The second-order valence-corrected chi connectivity index (χ2v) is 7.23. The zero-order valence-corrected chi connectivity index (χ0v) is 17.5.